The third kappa shape index (κ3) is 7.92. The molecule has 1 aliphatic rings. The maximum absolute atomic E-state index is 14.5. The quantitative estimate of drug-likeness (QED) is 0.283. The topological polar surface area (TPSA) is 87.7 Å². The van der Waals surface area contributed by atoms with E-state index >= 15 is 0 Å². The van der Waals surface area contributed by atoms with E-state index in [2.05, 4.69) is 16.6 Å². The molecule has 0 spiro atoms. The molecule has 8 heteroatoms. The van der Waals surface area contributed by atoms with E-state index in [1.54, 1.807) is 62.1 Å². The number of rotatable bonds is 9. The predicted molar refractivity (Wildman–Crippen MR) is 165 cm³/mol. The molecule has 0 radical (unpaired) electrons. The van der Waals surface area contributed by atoms with Gasteiger partial charge in [0, 0.05) is 18.0 Å². The van der Waals surface area contributed by atoms with E-state index in [4.69, 9.17) is 22.8 Å². The first kappa shape index (κ1) is 30.7. The fourth-order valence-electron chi connectivity index (χ4n) is 4.73. The second kappa shape index (κ2) is 13.1. The van der Waals surface area contributed by atoms with Crippen molar-refractivity contribution in [3.05, 3.63) is 100 Å². The first-order chi connectivity index (χ1) is 20.0. The highest BCUT2D eigenvalue weighted by molar-refractivity contribution is 6.34. The van der Waals surface area contributed by atoms with Crippen molar-refractivity contribution < 1.29 is 19.1 Å². The molecule has 3 amide bonds. The van der Waals surface area contributed by atoms with E-state index in [0.717, 1.165) is 24.0 Å². The lowest BCUT2D eigenvalue weighted by molar-refractivity contribution is -0.141. The van der Waals surface area contributed by atoms with Crippen LogP contribution in [0.4, 0.5) is 10.5 Å². The first-order valence-electron chi connectivity index (χ1n) is 13.9. The molecule has 42 heavy (non-hydrogen) atoms. The number of halogens is 1. The number of carbonyl (C=O) groups is 3. The SMILES string of the molecule is C#Cc1ccc(C(C(=O)Nc2c(C)cccc2Cl)N(C(=O)C(Cc2ccccc2)NC(=O)OC(C)(C)C)C2CC2)cc1. The van der Waals surface area contributed by atoms with Crippen molar-refractivity contribution in [3.8, 4) is 12.3 Å². The fraction of sp³-hybridized carbons (Fsp3) is 0.324. The lowest BCUT2D eigenvalue weighted by Crippen LogP contribution is -2.54. The number of terminal acetylenes is 1. The van der Waals surface area contributed by atoms with Crippen molar-refractivity contribution in [2.24, 2.45) is 0 Å². The van der Waals surface area contributed by atoms with Crippen LogP contribution in [0.3, 0.4) is 0 Å². The van der Waals surface area contributed by atoms with Crippen LogP contribution in [0.15, 0.2) is 72.8 Å². The summed E-state index contributed by atoms with van der Waals surface area (Å²) in [5.41, 5.74) is 2.60. The van der Waals surface area contributed by atoms with Gasteiger partial charge in [-0.2, -0.15) is 0 Å². The summed E-state index contributed by atoms with van der Waals surface area (Å²) in [5, 5.41) is 6.14. The maximum Gasteiger partial charge on any atom is 0.408 e. The van der Waals surface area contributed by atoms with Gasteiger partial charge in [-0.15, -0.1) is 6.42 Å². The minimum absolute atomic E-state index is 0.188. The first-order valence-corrected chi connectivity index (χ1v) is 14.3. The number of ether oxygens (including phenoxy) is 1. The van der Waals surface area contributed by atoms with Crippen molar-refractivity contribution in [1.82, 2.24) is 10.2 Å². The summed E-state index contributed by atoms with van der Waals surface area (Å²) in [7, 11) is 0. The number of carbonyl (C=O) groups excluding carboxylic acids is 3. The van der Waals surface area contributed by atoms with E-state index in [-0.39, 0.29) is 18.4 Å². The zero-order valence-electron chi connectivity index (χ0n) is 24.3. The smallest absolute Gasteiger partial charge is 0.408 e. The standard InChI is InChI=1S/C34H36ClN3O4/c1-6-23-15-17-25(18-16-23)30(31(39)37-29-22(2)11-10-14-27(29)35)38(26-19-20-26)32(40)28(21-24-12-8-7-9-13-24)36-33(41)42-34(3,4)5/h1,7-18,26,28,30H,19-21H2,2-5H3,(H,36,41)(H,37,39). The summed E-state index contributed by atoms with van der Waals surface area (Å²) in [6.07, 6.45) is 6.55. The molecule has 0 aliphatic heterocycles. The van der Waals surface area contributed by atoms with Crippen molar-refractivity contribution >= 4 is 35.2 Å². The number of amides is 3. The van der Waals surface area contributed by atoms with Crippen LogP contribution in [-0.2, 0) is 20.7 Å². The van der Waals surface area contributed by atoms with Crippen LogP contribution < -0.4 is 10.6 Å². The molecule has 4 rings (SSSR count). The average molecular weight is 586 g/mol. The monoisotopic (exact) mass is 585 g/mol. The zero-order valence-corrected chi connectivity index (χ0v) is 25.1. The molecule has 1 fully saturated rings. The summed E-state index contributed by atoms with van der Waals surface area (Å²) in [6.45, 7) is 7.12. The molecule has 2 unspecified atom stereocenters. The minimum Gasteiger partial charge on any atom is -0.444 e. The highest BCUT2D eigenvalue weighted by Gasteiger charge is 2.44. The number of hydrogen-bond acceptors (Lipinski definition) is 4. The van der Waals surface area contributed by atoms with E-state index in [0.29, 0.717) is 21.8 Å². The van der Waals surface area contributed by atoms with Gasteiger partial charge in [0.05, 0.1) is 10.7 Å². The highest BCUT2D eigenvalue weighted by Crippen LogP contribution is 2.37. The molecule has 3 aromatic rings. The molecule has 1 saturated carbocycles. The Hall–Kier alpha value is -4.28. The van der Waals surface area contributed by atoms with Crippen molar-refractivity contribution in [1.29, 1.82) is 0 Å². The molecule has 218 valence electrons. The van der Waals surface area contributed by atoms with Gasteiger partial charge in [-0.25, -0.2) is 4.79 Å². The number of nitrogens with zero attached hydrogens (tertiary/aromatic N) is 1. The van der Waals surface area contributed by atoms with Crippen LogP contribution in [0.25, 0.3) is 0 Å². The maximum atomic E-state index is 14.5. The Balaban J connectivity index is 1.75. The lowest BCUT2D eigenvalue weighted by atomic mass is 9.99. The van der Waals surface area contributed by atoms with Crippen LogP contribution in [0.5, 0.6) is 0 Å². The second-order valence-electron chi connectivity index (χ2n) is 11.5. The molecule has 0 heterocycles. The molecular weight excluding hydrogens is 550 g/mol. The Morgan fingerprint density at radius 3 is 2.26 bits per heavy atom. The van der Waals surface area contributed by atoms with Crippen LogP contribution in [-0.4, -0.2) is 40.5 Å². The average Bonchev–Trinajstić information content (AvgIpc) is 3.78. The van der Waals surface area contributed by atoms with E-state index < -0.39 is 29.7 Å². The van der Waals surface area contributed by atoms with Gasteiger partial charge in [0.1, 0.15) is 17.7 Å². The van der Waals surface area contributed by atoms with Crippen molar-refractivity contribution in [3.63, 3.8) is 0 Å². The van der Waals surface area contributed by atoms with E-state index in [1.165, 1.54) is 0 Å². The minimum atomic E-state index is -1.01. The predicted octanol–water partition coefficient (Wildman–Crippen LogP) is 6.44. The summed E-state index contributed by atoms with van der Waals surface area (Å²) in [4.78, 5) is 43.1. The van der Waals surface area contributed by atoms with Gasteiger partial charge in [-0.3, -0.25) is 9.59 Å². The summed E-state index contributed by atoms with van der Waals surface area (Å²) >= 11 is 6.45. The Bertz CT molecular complexity index is 1450. The number of nitrogens with one attached hydrogen (secondary N) is 2. The van der Waals surface area contributed by atoms with Gasteiger partial charge in [0.15, 0.2) is 0 Å². The Labute approximate surface area is 252 Å². The van der Waals surface area contributed by atoms with Gasteiger partial charge in [0.25, 0.3) is 5.91 Å². The number of anilines is 1. The van der Waals surface area contributed by atoms with Gasteiger partial charge in [-0.1, -0.05) is 72.1 Å². The molecular formula is C34H36ClN3O4. The van der Waals surface area contributed by atoms with Crippen LogP contribution in [0.1, 0.15) is 61.9 Å². The van der Waals surface area contributed by atoms with Crippen molar-refractivity contribution in [2.45, 2.75) is 70.7 Å². The largest absolute Gasteiger partial charge is 0.444 e. The highest BCUT2D eigenvalue weighted by atomic mass is 35.5. The van der Waals surface area contributed by atoms with E-state index in [9.17, 15) is 14.4 Å². The number of aryl methyl sites for hydroxylation is 1. The van der Waals surface area contributed by atoms with Crippen LogP contribution >= 0.6 is 11.6 Å². The van der Waals surface area contributed by atoms with Gasteiger partial charge < -0.3 is 20.3 Å². The van der Waals surface area contributed by atoms with Crippen LogP contribution in [0, 0.1) is 19.3 Å². The molecule has 2 N–H and O–H groups in total. The second-order valence-corrected chi connectivity index (χ2v) is 11.9. The number of para-hydroxylation sites is 1. The third-order valence-electron chi connectivity index (χ3n) is 6.86. The van der Waals surface area contributed by atoms with Gasteiger partial charge in [-0.05, 0) is 75.4 Å². The van der Waals surface area contributed by atoms with E-state index in [1.807, 2.05) is 43.3 Å². The lowest BCUT2D eigenvalue weighted by Gasteiger charge is -2.35. The number of hydrogen-bond donors (Lipinski definition) is 2. The van der Waals surface area contributed by atoms with Crippen molar-refractivity contribution in [2.75, 3.05) is 5.32 Å². The summed E-state index contributed by atoms with van der Waals surface area (Å²) in [6, 6.07) is 19.6. The fourth-order valence-corrected chi connectivity index (χ4v) is 5.00. The van der Waals surface area contributed by atoms with Crippen LogP contribution in [0.2, 0.25) is 5.02 Å². The summed E-state index contributed by atoms with van der Waals surface area (Å²) in [5.74, 6) is 1.78. The molecule has 3 aromatic carbocycles. The Morgan fingerprint density at radius 1 is 1.02 bits per heavy atom. The molecule has 0 aromatic heterocycles. The normalized spacial score (nSPS) is 14.2. The summed E-state index contributed by atoms with van der Waals surface area (Å²) < 4.78 is 5.50. The third-order valence-corrected chi connectivity index (χ3v) is 7.17. The molecule has 2 atom stereocenters. The number of benzene rings is 3. The van der Waals surface area contributed by atoms with Gasteiger partial charge >= 0.3 is 6.09 Å². The molecule has 0 bridgehead atoms. The number of alkyl carbamates (subject to hydrolysis) is 1. The molecule has 0 saturated heterocycles. The molecule has 7 nitrogen and oxygen atoms in total. The molecule has 1 aliphatic carbocycles. The zero-order chi connectivity index (χ0) is 30.4. The Kier molecular flexibility index (Phi) is 9.59. The Morgan fingerprint density at radius 2 is 1.69 bits per heavy atom. The van der Waals surface area contributed by atoms with Gasteiger partial charge in [0.2, 0.25) is 5.91 Å².